The fourth-order valence-corrected chi connectivity index (χ4v) is 2.66. The van der Waals surface area contributed by atoms with Gasteiger partial charge in [0.15, 0.2) is 0 Å². The van der Waals surface area contributed by atoms with Gasteiger partial charge in [0.2, 0.25) is 0 Å². The maximum atomic E-state index is 6.15. The summed E-state index contributed by atoms with van der Waals surface area (Å²) < 4.78 is 5.35. The summed E-state index contributed by atoms with van der Waals surface area (Å²) >= 11 is 6.15. The fraction of sp³-hybridized carbons (Fsp3) is 1.00. The molecule has 0 aromatic heterocycles. The lowest BCUT2D eigenvalue weighted by molar-refractivity contribution is 0.187. The van der Waals surface area contributed by atoms with E-state index < -0.39 is 0 Å². The Labute approximate surface area is 91.3 Å². The first-order valence-electron chi connectivity index (χ1n) is 5.84. The zero-order chi connectivity index (χ0) is 9.80. The molecule has 0 radical (unpaired) electrons. The van der Waals surface area contributed by atoms with Crippen LogP contribution in [0.4, 0.5) is 0 Å². The van der Waals surface area contributed by atoms with Crippen LogP contribution >= 0.6 is 11.6 Å². The first-order valence-corrected chi connectivity index (χ1v) is 6.28. The second-order valence-electron chi connectivity index (χ2n) is 4.52. The monoisotopic (exact) mass is 217 g/mol. The van der Waals surface area contributed by atoms with Crippen molar-refractivity contribution in [2.24, 2.45) is 0 Å². The Bertz CT molecular complexity index is 169. The van der Waals surface area contributed by atoms with Crippen LogP contribution in [0.3, 0.4) is 0 Å². The first-order chi connectivity index (χ1) is 6.86. The van der Waals surface area contributed by atoms with Crippen LogP contribution in [0.1, 0.15) is 38.5 Å². The molecule has 2 rings (SSSR count). The van der Waals surface area contributed by atoms with Crippen LogP contribution in [0.2, 0.25) is 0 Å². The van der Waals surface area contributed by atoms with Crippen molar-refractivity contribution in [2.75, 3.05) is 13.2 Å². The lowest BCUT2D eigenvalue weighted by atomic mass is 10.1. The van der Waals surface area contributed by atoms with E-state index in [1.54, 1.807) is 0 Å². The number of hydrogen-bond acceptors (Lipinski definition) is 2. The standard InChI is InChI=1S/C11H20ClNO/c12-10-7-14-8-11(10)13-9-5-3-1-2-4-6-9/h9-11,13H,1-8H2. The predicted molar refractivity (Wildman–Crippen MR) is 58.9 cm³/mol. The van der Waals surface area contributed by atoms with Crippen molar-refractivity contribution in [3.8, 4) is 0 Å². The van der Waals surface area contributed by atoms with E-state index in [0.717, 1.165) is 6.61 Å². The highest BCUT2D eigenvalue weighted by molar-refractivity contribution is 6.21. The van der Waals surface area contributed by atoms with Gasteiger partial charge in [0.1, 0.15) is 0 Å². The maximum Gasteiger partial charge on any atom is 0.0745 e. The van der Waals surface area contributed by atoms with Crippen molar-refractivity contribution in [3.63, 3.8) is 0 Å². The fourth-order valence-electron chi connectivity index (χ4n) is 2.43. The van der Waals surface area contributed by atoms with Gasteiger partial charge in [0.25, 0.3) is 0 Å². The van der Waals surface area contributed by atoms with Gasteiger partial charge in [-0.25, -0.2) is 0 Å². The van der Waals surface area contributed by atoms with E-state index in [1.165, 1.54) is 38.5 Å². The highest BCUT2D eigenvalue weighted by Gasteiger charge is 2.28. The molecule has 1 saturated carbocycles. The molecule has 14 heavy (non-hydrogen) atoms. The number of halogens is 1. The summed E-state index contributed by atoms with van der Waals surface area (Å²) in [6.45, 7) is 1.51. The van der Waals surface area contributed by atoms with Crippen molar-refractivity contribution < 1.29 is 4.74 Å². The van der Waals surface area contributed by atoms with E-state index in [2.05, 4.69) is 5.32 Å². The smallest absolute Gasteiger partial charge is 0.0745 e. The number of nitrogens with one attached hydrogen (secondary N) is 1. The summed E-state index contributed by atoms with van der Waals surface area (Å²) in [4.78, 5) is 0. The van der Waals surface area contributed by atoms with E-state index >= 15 is 0 Å². The molecule has 1 N–H and O–H groups in total. The summed E-state index contributed by atoms with van der Waals surface area (Å²) in [5.41, 5.74) is 0. The topological polar surface area (TPSA) is 21.3 Å². The van der Waals surface area contributed by atoms with Crippen molar-refractivity contribution in [1.82, 2.24) is 5.32 Å². The average molecular weight is 218 g/mol. The van der Waals surface area contributed by atoms with Crippen LogP contribution in [-0.2, 0) is 4.74 Å². The summed E-state index contributed by atoms with van der Waals surface area (Å²) in [5.74, 6) is 0. The minimum absolute atomic E-state index is 0.179. The Balaban J connectivity index is 1.77. The molecule has 2 atom stereocenters. The van der Waals surface area contributed by atoms with Crippen molar-refractivity contribution in [2.45, 2.75) is 56.0 Å². The molecule has 2 nitrogen and oxygen atoms in total. The van der Waals surface area contributed by atoms with Gasteiger partial charge in [0.05, 0.1) is 18.6 Å². The summed E-state index contributed by atoms with van der Waals surface area (Å²) in [7, 11) is 0. The summed E-state index contributed by atoms with van der Waals surface area (Å²) in [5, 5.41) is 3.83. The first kappa shape index (κ1) is 10.7. The van der Waals surface area contributed by atoms with Gasteiger partial charge in [-0.05, 0) is 12.8 Å². The summed E-state index contributed by atoms with van der Waals surface area (Å²) in [6, 6.07) is 1.07. The van der Waals surface area contributed by atoms with Gasteiger partial charge < -0.3 is 10.1 Å². The molecule has 0 bridgehead atoms. The normalized spacial score (nSPS) is 35.8. The number of rotatable bonds is 2. The molecule has 1 aliphatic carbocycles. The number of hydrogen-bond donors (Lipinski definition) is 1. The molecule has 1 saturated heterocycles. The van der Waals surface area contributed by atoms with Crippen LogP contribution in [0.15, 0.2) is 0 Å². The van der Waals surface area contributed by atoms with Crippen molar-refractivity contribution in [1.29, 1.82) is 0 Å². The SMILES string of the molecule is ClC1COCC1NC1CCCCCC1. The maximum absolute atomic E-state index is 6.15. The van der Waals surface area contributed by atoms with E-state index in [1.807, 2.05) is 0 Å². The highest BCUT2D eigenvalue weighted by atomic mass is 35.5. The second kappa shape index (κ2) is 5.34. The van der Waals surface area contributed by atoms with Gasteiger partial charge in [-0.3, -0.25) is 0 Å². The number of alkyl halides is 1. The Morgan fingerprint density at radius 1 is 1.00 bits per heavy atom. The molecule has 0 spiro atoms. The minimum atomic E-state index is 0.179. The van der Waals surface area contributed by atoms with E-state index in [9.17, 15) is 0 Å². The number of ether oxygens (including phenoxy) is 1. The molecule has 2 fully saturated rings. The van der Waals surface area contributed by atoms with E-state index in [-0.39, 0.29) is 5.38 Å². The molecule has 82 valence electrons. The van der Waals surface area contributed by atoms with Gasteiger partial charge in [-0.2, -0.15) is 0 Å². The lowest BCUT2D eigenvalue weighted by Crippen LogP contribution is -2.42. The van der Waals surface area contributed by atoms with Crippen molar-refractivity contribution in [3.05, 3.63) is 0 Å². The third kappa shape index (κ3) is 2.85. The Kier molecular flexibility index (Phi) is 4.09. The Morgan fingerprint density at radius 3 is 2.29 bits per heavy atom. The molecule has 2 aliphatic rings. The molecular weight excluding hydrogens is 198 g/mol. The molecule has 0 aromatic carbocycles. The lowest BCUT2D eigenvalue weighted by Gasteiger charge is -2.22. The largest absolute Gasteiger partial charge is 0.378 e. The zero-order valence-electron chi connectivity index (χ0n) is 8.68. The third-order valence-corrected chi connectivity index (χ3v) is 3.75. The van der Waals surface area contributed by atoms with Gasteiger partial charge in [0, 0.05) is 12.1 Å². The molecule has 1 aliphatic heterocycles. The molecule has 2 unspecified atom stereocenters. The third-order valence-electron chi connectivity index (χ3n) is 3.32. The van der Waals surface area contributed by atoms with Crippen LogP contribution in [-0.4, -0.2) is 30.7 Å². The van der Waals surface area contributed by atoms with E-state index in [4.69, 9.17) is 16.3 Å². The average Bonchev–Trinajstić information content (AvgIpc) is 2.44. The summed E-state index contributed by atoms with van der Waals surface area (Å²) in [6.07, 6.45) is 8.20. The van der Waals surface area contributed by atoms with Crippen LogP contribution in [0.5, 0.6) is 0 Å². The van der Waals surface area contributed by atoms with Gasteiger partial charge in [-0.1, -0.05) is 25.7 Å². The minimum Gasteiger partial charge on any atom is -0.378 e. The molecule has 0 amide bonds. The molecule has 3 heteroatoms. The highest BCUT2D eigenvalue weighted by Crippen LogP contribution is 2.20. The predicted octanol–water partition coefficient (Wildman–Crippen LogP) is 2.31. The second-order valence-corrected chi connectivity index (χ2v) is 5.08. The Morgan fingerprint density at radius 2 is 1.71 bits per heavy atom. The van der Waals surface area contributed by atoms with Crippen molar-refractivity contribution >= 4 is 11.6 Å². The van der Waals surface area contributed by atoms with Crippen LogP contribution in [0, 0.1) is 0 Å². The Hall–Kier alpha value is 0.210. The quantitative estimate of drug-likeness (QED) is 0.566. The van der Waals surface area contributed by atoms with E-state index in [0.29, 0.717) is 18.7 Å². The molecular formula is C11H20ClNO. The molecule has 0 aromatic rings. The van der Waals surface area contributed by atoms with Gasteiger partial charge >= 0.3 is 0 Å². The molecule has 1 heterocycles. The van der Waals surface area contributed by atoms with Crippen LogP contribution in [0.25, 0.3) is 0 Å². The van der Waals surface area contributed by atoms with Gasteiger partial charge in [-0.15, -0.1) is 11.6 Å². The zero-order valence-corrected chi connectivity index (χ0v) is 9.43. The van der Waals surface area contributed by atoms with Crippen LogP contribution < -0.4 is 5.32 Å².